The lowest BCUT2D eigenvalue weighted by atomic mass is 10.1. The Bertz CT molecular complexity index is 1250. The molecule has 0 aliphatic rings. The number of azo groups is 1. The van der Waals surface area contributed by atoms with Crippen molar-refractivity contribution in [1.82, 2.24) is 10.2 Å². The normalized spacial score (nSPS) is 11.7. The van der Waals surface area contributed by atoms with Crippen molar-refractivity contribution < 1.29 is 9.53 Å². The van der Waals surface area contributed by atoms with Crippen molar-refractivity contribution in [3.63, 3.8) is 0 Å². The van der Waals surface area contributed by atoms with E-state index in [1.165, 1.54) is 17.4 Å². The van der Waals surface area contributed by atoms with Gasteiger partial charge in [-0.2, -0.15) is 5.26 Å². The first-order chi connectivity index (χ1) is 17.1. The minimum Gasteiger partial charge on any atom is -0.462 e. The zero-order valence-electron chi connectivity index (χ0n) is 19.9. The molecule has 0 N–H and O–H groups in total. The number of carbonyl (C=O) groups excluding carboxylic acids is 1. The van der Waals surface area contributed by atoms with Crippen molar-refractivity contribution in [2.75, 3.05) is 24.6 Å². The first-order valence-corrected chi connectivity index (χ1v) is 12.0. The second-order valence-electron chi connectivity index (χ2n) is 7.20. The van der Waals surface area contributed by atoms with E-state index >= 15 is 0 Å². The number of esters is 1. The first kappa shape index (κ1) is 25.5. The van der Waals surface area contributed by atoms with Crippen LogP contribution in [0.25, 0.3) is 18.2 Å². The highest BCUT2D eigenvalue weighted by molar-refractivity contribution is 7.15. The number of ether oxygens (including phenoxy) is 1. The third kappa shape index (κ3) is 7.42. The Kier molecular flexibility index (Phi) is 9.39. The highest BCUT2D eigenvalue weighted by Crippen LogP contribution is 2.25. The maximum atomic E-state index is 11.7. The van der Waals surface area contributed by atoms with Gasteiger partial charge in [-0.05, 0) is 68.3 Å². The van der Waals surface area contributed by atoms with Crippen LogP contribution in [0.4, 0.5) is 16.5 Å². The van der Waals surface area contributed by atoms with Crippen LogP contribution in [0.3, 0.4) is 0 Å². The molecule has 0 saturated heterocycles. The van der Waals surface area contributed by atoms with E-state index in [-0.39, 0.29) is 12.2 Å². The Labute approximate surface area is 208 Å². The van der Waals surface area contributed by atoms with Crippen molar-refractivity contribution in [3.05, 3.63) is 70.2 Å². The number of hydrogen-bond acceptors (Lipinski definition) is 9. The number of anilines is 1. The van der Waals surface area contributed by atoms with E-state index in [9.17, 15) is 4.79 Å². The summed E-state index contributed by atoms with van der Waals surface area (Å²) >= 11 is 1.33. The fraction of sp³-hybridized carbons (Fsp3) is 0.231. The van der Waals surface area contributed by atoms with Gasteiger partial charge < -0.3 is 9.64 Å². The summed E-state index contributed by atoms with van der Waals surface area (Å²) in [5.74, 6) is -0.625. The summed E-state index contributed by atoms with van der Waals surface area (Å²) in [5.41, 5.74) is 3.54. The summed E-state index contributed by atoms with van der Waals surface area (Å²) in [6.45, 7) is 8.09. The molecule has 0 aliphatic carbocycles. The van der Waals surface area contributed by atoms with E-state index in [0.29, 0.717) is 10.1 Å². The number of nitriles is 1. The quantitative estimate of drug-likeness (QED) is 0.141. The molecule has 0 fully saturated rings. The molecule has 0 atom stereocenters. The summed E-state index contributed by atoms with van der Waals surface area (Å²) < 4.78 is 4.88. The molecule has 1 aromatic heterocycles. The van der Waals surface area contributed by atoms with E-state index in [2.05, 4.69) is 39.2 Å². The van der Waals surface area contributed by atoms with E-state index in [1.54, 1.807) is 6.92 Å². The molecule has 0 aliphatic heterocycles. The Morgan fingerprint density at radius 1 is 1.00 bits per heavy atom. The average Bonchev–Trinajstić information content (AvgIpc) is 3.35. The van der Waals surface area contributed by atoms with Crippen LogP contribution in [0.5, 0.6) is 0 Å². The number of nitrogens with zero attached hydrogens (tertiary/aromatic N) is 6. The summed E-state index contributed by atoms with van der Waals surface area (Å²) in [4.78, 5) is 14.0. The lowest BCUT2D eigenvalue weighted by molar-refractivity contribution is -0.137. The van der Waals surface area contributed by atoms with Crippen LogP contribution in [0.1, 0.15) is 36.9 Å². The van der Waals surface area contributed by atoms with Gasteiger partial charge in [0.05, 0.1) is 12.3 Å². The first-order valence-electron chi connectivity index (χ1n) is 11.2. The largest absolute Gasteiger partial charge is 0.462 e. The van der Waals surface area contributed by atoms with Gasteiger partial charge in [-0.25, -0.2) is 4.79 Å². The number of benzene rings is 2. The fourth-order valence-electron chi connectivity index (χ4n) is 3.14. The van der Waals surface area contributed by atoms with Gasteiger partial charge in [0.25, 0.3) is 5.13 Å². The van der Waals surface area contributed by atoms with Gasteiger partial charge in [0.15, 0.2) is 0 Å². The van der Waals surface area contributed by atoms with Gasteiger partial charge >= 0.3 is 5.97 Å². The number of rotatable bonds is 10. The zero-order valence-corrected chi connectivity index (χ0v) is 20.7. The predicted octanol–water partition coefficient (Wildman–Crippen LogP) is 6.44. The third-order valence-electron chi connectivity index (χ3n) is 4.94. The molecule has 0 amide bonds. The molecule has 3 aromatic rings. The Balaban J connectivity index is 1.61. The van der Waals surface area contributed by atoms with Crippen molar-refractivity contribution in [3.8, 4) is 6.07 Å². The molecule has 178 valence electrons. The molecule has 9 heteroatoms. The van der Waals surface area contributed by atoms with Gasteiger partial charge in [-0.15, -0.1) is 20.4 Å². The van der Waals surface area contributed by atoms with Gasteiger partial charge in [0.2, 0.25) is 0 Å². The number of carbonyl (C=O) groups is 1. The summed E-state index contributed by atoms with van der Waals surface area (Å²) in [5, 5.41) is 27.0. The second-order valence-corrected chi connectivity index (χ2v) is 8.19. The minimum atomic E-state index is -0.625. The number of aromatic nitrogens is 2. The van der Waals surface area contributed by atoms with E-state index in [0.717, 1.165) is 35.6 Å². The summed E-state index contributed by atoms with van der Waals surface area (Å²) in [6, 6.07) is 17.2. The van der Waals surface area contributed by atoms with Crippen molar-refractivity contribution in [1.29, 1.82) is 5.26 Å². The monoisotopic (exact) mass is 486 g/mol. The van der Waals surface area contributed by atoms with Crippen LogP contribution in [0, 0.1) is 11.3 Å². The number of hydrogen-bond donors (Lipinski definition) is 0. The van der Waals surface area contributed by atoms with Crippen molar-refractivity contribution >= 4 is 52.0 Å². The molecule has 0 radical (unpaired) electrons. The average molecular weight is 487 g/mol. The molecule has 35 heavy (non-hydrogen) atoms. The topological polar surface area (TPSA) is 104 Å². The molecule has 3 rings (SSSR count). The van der Waals surface area contributed by atoms with Crippen LogP contribution >= 0.6 is 11.3 Å². The fourth-order valence-corrected chi connectivity index (χ4v) is 3.70. The van der Waals surface area contributed by atoms with E-state index in [4.69, 9.17) is 10.00 Å². The van der Waals surface area contributed by atoms with E-state index in [1.807, 2.05) is 66.8 Å². The molecule has 2 aromatic carbocycles. The SMILES string of the molecule is CCOC(=O)/C(C#N)=C\c1ccc(/C=C/c2nnc(N=Nc3ccc(N(CC)CC)cc3)s2)cc1. The lowest BCUT2D eigenvalue weighted by Crippen LogP contribution is -2.21. The smallest absolute Gasteiger partial charge is 0.348 e. The Hall–Kier alpha value is -4.16. The molecule has 0 unspecified atom stereocenters. The maximum Gasteiger partial charge on any atom is 0.348 e. The molecule has 0 saturated carbocycles. The van der Waals surface area contributed by atoms with Crippen LogP contribution in [0.2, 0.25) is 0 Å². The molecular formula is C26H26N6O2S. The van der Waals surface area contributed by atoms with Gasteiger partial charge in [0.1, 0.15) is 16.6 Å². The molecular weight excluding hydrogens is 460 g/mol. The standard InChI is InChI=1S/C26H26N6O2S/c1-4-32(5-2)23-14-12-22(13-15-23)28-30-26-31-29-24(35-26)16-11-19-7-9-20(10-8-19)17-21(18-27)25(33)34-6-3/h7-17H,4-6H2,1-3H3/b16-11+,21-17-,30-28?. The van der Waals surface area contributed by atoms with Crippen LogP contribution < -0.4 is 4.90 Å². The Morgan fingerprint density at radius 3 is 2.31 bits per heavy atom. The second kappa shape index (κ2) is 12.9. The van der Waals surface area contributed by atoms with Gasteiger partial charge in [-0.1, -0.05) is 41.7 Å². The van der Waals surface area contributed by atoms with Crippen LogP contribution in [0.15, 0.2) is 64.3 Å². The molecule has 0 bridgehead atoms. The third-order valence-corrected chi connectivity index (χ3v) is 5.71. The van der Waals surface area contributed by atoms with E-state index < -0.39 is 5.97 Å². The summed E-state index contributed by atoms with van der Waals surface area (Å²) in [6.07, 6.45) is 5.25. The summed E-state index contributed by atoms with van der Waals surface area (Å²) in [7, 11) is 0. The molecule has 1 heterocycles. The Morgan fingerprint density at radius 2 is 1.69 bits per heavy atom. The van der Waals surface area contributed by atoms with Gasteiger partial charge in [-0.3, -0.25) is 0 Å². The zero-order chi connectivity index (χ0) is 25.0. The lowest BCUT2D eigenvalue weighted by Gasteiger charge is -2.20. The van der Waals surface area contributed by atoms with Crippen LogP contribution in [-0.2, 0) is 9.53 Å². The highest BCUT2D eigenvalue weighted by Gasteiger charge is 2.09. The maximum absolute atomic E-state index is 11.7. The highest BCUT2D eigenvalue weighted by atomic mass is 32.1. The van der Waals surface area contributed by atoms with Crippen LogP contribution in [-0.4, -0.2) is 35.9 Å². The predicted molar refractivity (Wildman–Crippen MR) is 140 cm³/mol. The minimum absolute atomic E-state index is 0.0365. The van der Waals surface area contributed by atoms with Gasteiger partial charge in [0, 0.05) is 18.8 Å². The molecule has 8 nitrogen and oxygen atoms in total. The van der Waals surface area contributed by atoms with Crippen molar-refractivity contribution in [2.24, 2.45) is 10.2 Å². The molecule has 0 spiro atoms. The van der Waals surface area contributed by atoms with Crippen molar-refractivity contribution in [2.45, 2.75) is 20.8 Å².